The number of carbonyl (C=O) groups is 2. The van der Waals surface area contributed by atoms with Gasteiger partial charge in [0.25, 0.3) is 5.69 Å². The maximum absolute atomic E-state index is 12.9. The molecule has 0 N–H and O–H groups in total. The largest absolute Gasteiger partial charge is 0.465 e. The van der Waals surface area contributed by atoms with Gasteiger partial charge in [-0.3, -0.25) is 10.1 Å². The minimum Gasteiger partial charge on any atom is -0.465 e. The topological polar surface area (TPSA) is 95.7 Å². The number of rotatable bonds is 4. The van der Waals surface area contributed by atoms with E-state index in [1.807, 2.05) is 0 Å². The Bertz CT molecular complexity index is 879. The fourth-order valence-corrected chi connectivity index (χ4v) is 2.02. The lowest BCUT2D eigenvalue weighted by molar-refractivity contribution is -0.384. The highest BCUT2D eigenvalue weighted by atomic mass is 19.4. The summed E-state index contributed by atoms with van der Waals surface area (Å²) in [6, 6.07) is 6.57. The number of esters is 2. The van der Waals surface area contributed by atoms with Crippen LogP contribution in [0.5, 0.6) is 5.75 Å². The van der Waals surface area contributed by atoms with E-state index in [1.54, 1.807) is 0 Å². The standard InChI is InChI=1S/C16H10F3NO6/c1-25-14(21)9-6-10(8-11(7-9)20(23)24)15(22)26-13-5-3-2-4-12(13)16(17,18)19/h2-8H,1H3. The molecule has 2 aromatic rings. The van der Waals surface area contributed by atoms with Crippen LogP contribution in [0, 0.1) is 10.1 Å². The molecule has 0 aromatic heterocycles. The molecule has 0 aliphatic carbocycles. The lowest BCUT2D eigenvalue weighted by atomic mass is 10.1. The fraction of sp³-hybridized carbons (Fsp3) is 0.125. The molecule has 0 radical (unpaired) electrons. The summed E-state index contributed by atoms with van der Waals surface area (Å²) in [5, 5.41) is 10.9. The summed E-state index contributed by atoms with van der Waals surface area (Å²) >= 11 is 0. The second kappa shape index (κ2) is 7.21. The van der Waals surface area contributed by atoms with Crippen molar-refractivity contribution in [1.82, 2.24) is 0 Å². The third kappa shape index (κ3) is 4.15. The molecule has 2 aromatic carbocycles. The molecule has 2 rings (SSSR count). The van der Waals surface area contributed by atoms with Crippen LogP contribution < -0.4 is 4.74 Å². The van der Waals surface area contributed by atoms with Crippen molar-refractivity contribution in [2.75, 3.05) is 7.11 Å². The zero-order valence-electron chi connectivity index (χ0n) is 13.1. The van der Waals surface area contributed by atoms with E-state index in [1.165, 1.54) is 6.07 Å². The van der Waals surface area contributed by atoms with Crippen LogP contribution in [-0.2, 0) is 10.9 Å². The number of nitro groups is 1. The third-order valence-corrected chi connectivity index (χ3v) is 3.18. The van der Waals surface area contributed by atoms with E-state index >= 15 is 0 Å². The number of methoxy groups -OCH3 is 1. The van der Waals surface area contributed by atoms with Gasteiger partial charge in [-0.05, 0) is 18.2 Å². The summed E-state index contributed by atoms with van der Waals surface area (Å²) in [7, 11) is 1.03. The van der Waals surface area contributed by atoms with Crippen LogP contribution in [0.15, 0.2) is 42.5 Å². The van der Waals surface area contributed by atoms with E-state index in [0.717, 1.165) is 43.5 Å². The zero-order chi connectivity index (χ0) is 19.5. The fourth-order valence-electron chi connectivity index (χ4n) is 2.02. The summed E-state index contributed by atoms with van der Waals surface area (Å²) in [6.07, 6.45) is -4.77. The molecule has 0 amide bonds. The van der Waals surface area contributed by atoms with Gasteiger partial charge in [0.05, 0.1) is 28.7 Å². The van der Waals surface area contributed by atoms with Crippen molar-refractivity contribution < 1.29 is 37.2 Å². The number of hydrogen-bond donors (Lipinski definition) is 0. The van der Waals surface area contributed by atoms with Crippen molar-refractivity contribution in [3.8, 4) is 5.75 Å². The van der Waals surface area contributed by atoms with Crippen LogP contribution in [0.3, 0.4) is 0 Å². The Kier molecular flexibility index (Phi) is 5.24. The van der Waals surface area contributed by atoms with Crippen LogP contribution in [-0.4, -0.2) is 24.0 Å². The van der Waals surface area contributed by atoms with Crippen molar-refractivity contribution in [2.45, 2.75) is 6.18 Å². The van der Waals surface area contributed by atoms with Crippen LogP contribution in [0.4, 0.5) is 18.9 Å². The van der Waals surface area contributed by atoms with E-state index in [2.05, 4.69) is 4.74 Å². The quantitative estimate of drug-likeness (QED) is 0.353. The van der Waals surface area contributed by atoms with Crippen molar-refractivity contribution in [3.63, 3.8) is 0 Å². The Balaban J connectivity index is 2.43. The highest BCUT2D eigenvalue weighted by molar-refractivity contribution is 5.97. The van der Waals surface area contributed by atoms with Crippen molar-refractivity contribution in [2.24, 2.45) is 0 Å². The van der Waals surface area contributed by atoms with Gasteiger partial charge >= 0.3 is 18.1 Å². The summed E-state index contributed by atoms with van der Waals surface area (Å²) in [5.41, 5.74) is -2.61. The van der Waals surface area contributed by atoms with E-state index in [0.29, 0.717) is 0 Å². The average Bonchev–Trinajstić information content (AvgIpc) is 2.60. The van der Waals surface area contributed by atoms with Gasteiger partial charge in [0.2, 0.25) is 0 Å². The number of ether oxygens (including phenoxy) is 2. The Labute approximate surface area is 144 Å². The number of para-hydroxylation sites is 1. The molecule has 0 saturated carbocycles. The number of hydrogen-bond acceptors (Lipinski definition) is 6. The van der Waals surface area contributed by atoms with Gasteiger partial charge in [0, 0.05) is 12.1 Å². The molecule has 0 saturated heterocycles. The van der Waals surface area contributed by atoms with Crippen molar-refractivity contribution in [3.05, 3.63) is 69.3 Å². The number of non-ortho nitro benzene ring substituents is 1. The predicted molar refractivity (Wildman–Crippen MR) is 80.8 cm³/mol. The van der Waals surface area contributed by atoms with Crippen LogP contribution >= 0.6 is 0 Å². The molecular formula is C16H10F3NO6. The highest BCUT2D eigenvalue weighted by Gasteiger charge is 2.35. The molecule has 0 atom stereocenters. The summed E-state index contributed by atoms with van der Waals surface area (Å²) in [5.74, 6) is -3.02. The van der Waals surface area contributed by atoms with Gasteiger partial charge < -0.3 is 9.47 Å². The van der Waals surface area contributed by atoms with E-state index in [-0.39, 0.29) is 5.56 Å². The maximum atomic E-state index is 12.9. The summed E-state index contributed by atoms with van der Waals surface area (Å²) < 4.78 is 48.0. The molecule has 0 aliphatic heterocycles. The molecule has 0 fully saturated rings. The zero-order valence-corrected chi connectivity index (χ0v) is 13.1. The van der Waals surface area contributed by atoms with E-state index in [9.17, 15) is 32.9 Å². The Morgan fingerprint density at radius 1 is 1.04 bits per heavy atom. The average molecular weight is 369 g/mol. The molecule has 0 spiro atoms. The number of carbonyl (C=O) groups excluding carboxylic acids is 2. The first-order chi connectivity index (χ1) is 12.1. The molecule has 0 bridgehead atoms. The summed E-state index contributed by atoms with van der Waals surface area (Å²) in [4.78, 5) is 33.8. The van der Waals surface area contributed by atoms with Crippen LogP contribution in [0.1, 0.15) is 26.3 Å². The third-order valence-electron chi connectivity index (χ3n) is 3.18. The smallest absolute Gasteiger partial charge is 0.419 e. The number of nitro benzene ring substituents is 1. The molecule has 136 valence electrons. The van der Waals surface area contributed by atoms with Crippen LogP contribution in [0.25, 0.3) is 0 Å². The second-order valence-corrected chi connectivity index (χ2v) is 4.90. The Morgan fingerprint density at radius 3 is 2.15 bits per heavy atom. The van der Waals surface area contributed by atoms with Gasteiger partial charge in [-0.1, -0.05) is 12.1 Å². The van der Waals surface area contributed by atoms with Gasteiger partial charge in [-0.15, -0.1) is 0 Å². The van der Waals surface area contributed by atoms with Crippen molar-refractivity contribution >= 4 is 17.6 Å². The molecule has 10 heteroatoms. The van der Waals surface area contributed by atoms with Gasteiger partial charge in [0.15, 0.2) is 0 Å². The van der Waals surface area contributed by atoms with Gasteiger partial charge in [0.1, 0.15) is 5.75 Å². The monoisotopic (exact) mass is 369 g/mol. The van der Waals surface area contributed by atoms with Crippen LogP contribution in [0.2, 0.25) is 0 Å². The number of alkyl halides is 3. The lowest BCUT2D eigenvalue weighted by Gasteiger charge is -2.12. The van der Waals surface area contributed by atoms with Gasteiger partial charge in [-0.2, -0.15) is 13.2 Å². The minimum atomic E-state index is -4.77. The first-order valence-electron chi connectivity index (χ1n) is 6.89. The second-order valence-electron chi connectivity index (χ2n) is 4.90. The van der Waals surface area contributed by atoms with E-state index < -0.39 is 45.6 Å². The number of halogens is 3. The Hall–Kier alpha value is -3.43. The molecule has 0 aliphatic rings. The lowest BCUT2D eigenvalue weighted by Crippen LogP contribution is -2.15. The summed E-state index contributed by atoms with van der Waals surface area (Å²) in [6.45, 7) is 0. The SMILES string of the molecule is COC(=O)c1cc(C(=O)Oc2ccccc2C(F)(F)F)cc([N+](=O)[O-])c1. The van der Waals surface area contributed by atoms with E-state index in [4.69, 9.17) is 4.74 Å². The minimum absolute atomic E-state index is 0.322. The number of nitrogens with zero attached hydrogens (tertiary/aromatic N) is 1. The normalized spacial score (nSPS) is 10.9. The van der Waals surface area contributed by atoms with Crippen molar-refractivity contribution in [1.29, 1.82) is 0 Å². The molecule has 0 unspecified atom stereocenters. The highest BCUT2D eigenvalue weighted by Crippen LogP contribution is 2.36. The first kappa shape index (κ1) is 18.9. The molecule has 7 nitrogen and oxygen atoms in total. The molecular weight excluding hydrogens is 359 g/mol. The Morgan fingerprint density at radius 2 is 1.62 bits per heavy atom. The van der Waals surface area contributed by atoms with Gasteiger partial charge in [-0.25, -0.2) is 9.59 Å². The first-order valence-corrected chi connectivity index (χ1v) is 6.89. The molecule has 26 heavy (non-hydrogen) atoms. The number of benzene rings is 2. The predicted octanol–water partition coefficient (Wildman–Crippen LogP) is 3.62. The molecule has 0 heterocycles. The maximum Gasteiger partial charge on any atom is 0.419 e.